The van der Waals surface area contributed by atoms with Crippen LogP contribution in [-0.4, -0.2) is 32.4 Å². The van der Waals surface area contributed by atoms with E-state index in [4.69, 9.17) is 4.74 Å². The summed E-state index contributed by atoms with van der Waals surface area (Å²) in [5.74, 6) is 1.61. The molecule has 0 bridgehead atoms. The van der Waals surface area contributed by atoms with E-state index in [-0.39, 0.29) is 6.10 Å². The second-order valence-corrected chi connectivity index (χ2v) is 7.00. The van der Waals surface area contributed by atoms with Crippen LogP contribution in [0.15, 0.2) is 12.4 Å². The fourth-order valence-electron chi connectivity index (χ4n) is 3.54. The smallest absolute Gasteiger partial charge is 0.131 e. The summed E-state index contributed by atoms with van der Waals surface area (Å²) in [6.07, 6.45) is 7.48. The van der Waals surface area contributed by atoms with Crippen LogP contribution in [0.1, 0.15) is 59.6 Å². The zero-order chi connectivity index (χ0) is 16.7. The van der Waals surface area contributed by atoms with Crippen LogP contribution in [0.5, 0.6) is 0 Å². The zero-order valence-corrected chi connectivity index (χ0v) is 14.6. The Morgan fingerprint density at radius 3 is 2.58 bits per heavy atom. The Labute approximate surface area is 142 Å². The number of hydrogen-bond donors (Lipinski definition) is 1. The van der Waals surface area contributed by atoms with Gasteiger partial charge in [0.1, 0.15) is 11.9 Å². The van der Waals surface area contributed by atoms with E-state index >= 15 is 0 Å². The van der Waals surface area contributed by atoms with Gasteiger partial charge in [0, 0.05) is 61.4 Å². The summed E-state index contributed by atoms with van der Waals surface area (Å²) in [6.45, 7) is 5.73. The van der Waals surface area contributed by atoms with Gasteiger partial charge in [-0.2, -0.15) is 5.10 Å². The minimum absolute atomic E-state index is 0.0744. The Bertz CT molecular complexity index is 720. The van der Waals surface area contributed by atoms with Crippen molar-refractivity contribution in [3.63, 3.8) is 0 Å². The fourth-order valence-corrected chi connectivity index (χ4v) is 3.54. The van der Waals surface area contributed by atoms with Gasteiger partial charge < -0.3 is 10.1 Å². The molecule has 128 valence electrons. The Kier molecular flexibility index (Phi) is 4.10. The van der Waals surface area contributed by atoms with Crippen molar-refractivity contribution in [2.75, 3.05) is 6.61 Å². The van der Waals surface area contributed by atoms with Gasteiger partial charge in [-0.05, 0) is 33.1 Å². The summed E-state index contributed by atoms with van der Waals surface area (Å²) in [6, 6.07) is 0.301. The molecule has 6 nitrogen and oxygen atoms in total. The summed E-state index contributed by atoms with van der Waals surface area (Å²) >= 11 is 0. The molecule has 24 heavy (non-hydrogen) atoms. The molecule has 2 aromatic rings. The number of rotatable bonds is 5. The highest BCUT2D eigenvalue weighted by atomic mass is 16.5. The molecule has 6 heteroatoms. The Morgan fingerprint density at radius 1 is 1.21 bits per heavy atom. The number of nitrogens with zero attached hydrogens (tertiary/aromatic N) is 4. The molecule has 3 heterocycles. The highest BCUT2D eigenvalue weighted by molar-refractivity contribution is 5.29. The largest absolute Gasteiger partial charge is 0.372 e. The molecule has 1 aliphatic heterocycles. The summed E-state index contributed by atoms with van der Waals surface area (Å²) in [4.78, 5) is 9.00. The SMILES string of the molecule is Cc1nn(C)c(C)c1[C@H]1OCC[C@@H]1NCc1cnc(C2CC2)nc1. The van der Waals surface area contributed by atoms with E-state index in [1.807, 2.05) is 24.1 Å². The van der Waals surface area contributed by atoms with Crippen LogP contribution in [0.2, 0.25) is 0 Å². The number of aromatic nitrogens is 4. The lowest BCUT2D eigenvalue weighted by molar-refractivity contribution is 0.0974. The molecule has 2 fully saturated rings. The third-order valence-electron chi connectivity index (χ3n) is 5.18. The number of hydrogen-bond acceptors (Lipinski definition) is 5. The van der Waals surface area contributed by atoms with Gasteiger partial charge in [0.05, 0.1) is 5.69 Å². The third kappa shape index (κ3) is 2.96. The van der Waals surface area contributed by atoms with Crippen LogP contribution >= 0.6 is 0 Å². The minimum atomic E-state index is 0.0744. The van der Waals surface area contributed by atoms with Crippen molar-refractivity contribution in [1.82, 2.24) is 25.1 Å². The van der Waals surface area contributed by atoms with Gasteiger partial charge in [0.15, 0.2) is 0 Å². The predicted octanol–water partition coefficient (Wildman–Crippen LogP) is 2.32. The van der Waals surface area contributed by atoms with Gasteiger partial charge in [0.2, 0.25) is 0 Å². The van der Waals surface area contributed by atoms with Gasteiger partial charge in [0.25, 0.3) is 0 Å². The first kappa shape index (κ1) is 15.7. The maximum atomic E-state index is 6.03. The summed E-state index contributed by atoms with van der Waals surface area (Å²) < 4.78 is 7.97. The quantitative estimate of drug-likeness (QED) is 0.913. The maximum Gasteiger partial charge on any atom is 0.131 e. The Morgan fingerprint density at radius 2 is 1.96 bits per heavy atom. The zero-order valence-electron chi connectivity index (χ0n) is 14.6. The van der Waals surface area contributed by atoms with E-state index < -0.39 is 0 Å². The fraction of sp³-hybridized carbons (Fsp3) is 0.611. The summed E-state index contributed by atoms with van der Waals surface area (Å²) in [5, 5.41) is 8.16. The predicted molar refractivity (Wildman–Crippen MR) is 90.6 cm³/mol. The second kappa shape index (κ2) is 6.26. The molecule has 0 unspecified atom stereocenters. The number of aryl methyl sites for hydroxylation is 2. The van der Waals surface area contributed by atoms with E-state index in [9.17, 15) is 0 Å². The molecule has 1 aliphatic carbocycles. The molecule has 0 radical (unpaired) electrons. The van der Waals surface area contributed by atoms with Crippen LogP contribution in [0, 0.1) is 13.8 Å². The molecule has 0 aromatic carbocycles. The minimum Gasteiger partial charge on any atom is -0.372 e. The first-order chi connectivity index (χ1) is 11.6. The van der Waals surface area contributed by atoms with E-state index in [0.29, 0.717) is 12.0 Å². The Balaban J connectivity index is 1.43. The van der Waals surface area contributed by atoms with Gasteiger partial charge >= 0.3 is 0 Å². The molecule has 2 aromatic heterocycles. The van der Waals surface area contributed by atoms with Crippen molar-refractivity contribution in [3.8, 4) is 0 Å². The Hall–Kier alpha value is -1.79. The van der Waals surface area contributed by atoms with Crippen LogP contribution in [0.4, 0.5) is 0 Å². The average molecular weight is 327 g/mol. The molecular weight excluding hydrogens is 302 g/mol. The first-order valence-corrected chi connectivity index (χ1v) is 8.79. The third-order valence-corrected chi connectivity index (χ3v) is 5.18. The van der Waals surface area contributed by atoms with Crippen LogP contribution in [-0.2, 0) is 18.3 Å². The first-order valence-electron chi connectivity index (χ1n) is 8.79. The van der Waals surface area contributed by atoms with Crippen molar-refractivity contribution in [2.24, 2.45) is 7.05 Å². The van der Waals surface area contributed by atoms with Crippen LogP contribution < -0.4 is 5.32 Å². The lowest BCUT2D eigenvalue weighted by Gasteiger charge is -2.20. The van der Waals surface area contributed by atoms with Crippen molar-refractivity contribution in [3.05, 3.63) is 40.7 Å². The topological polar surface area (TPSA) is 64.9 Å². The number of nitrogens with one attached hydrogen (secondary N) is 1. The maximum absolute atomic E-state index is 6.03. The number of ether oxygens (including phenoxy) is 1. The molecular formula is C18H25N5O. The van der Waals surface area contributed by atoms with Crippen LogP contribution in [0.3, 0.4) is 0 Å². The molecule has 0 spiro atoms. The van der Waals surface area contributed by atoms with E-state index in [1.165, 1.54) is 24.1 Å². The monoisotopic (exact) mass is 327 g/mol. The highest BCUT2D eigenvalue weighted by Crippen LogP contribution is 2.37. The standard InChI is InChI=1S/C18H25N5O/c1-11-16(12(2)23(3)22-11)17-15(6-7-24-17)19-8-13-9-20-18(21-10-13)14-4-5-14/h9-10,14-15,17,19H,4-8H2,1-3H3/t15-,17-/m0/s1. The van der Waals surface area contributed by atoms with Crippen molar-refractivity contribution in [2.45, 2.75) is 57.7 Å². The van der Waals surface area contributed by atoms with Gasteiger partial charge in [-0.25, -0.2) is 9.97 Å². The molecule has 4 rings (SSSR count). The lowest BCUT2D eigenvalue weighted by atomic mass is 10.00. The second-order valence-electron chi connectivity index (χ2n) is 7.00. The van der Waals surface area contributed by atoms with Gasteiger partial charge in [-0.3, -0.25) is 4.68 Å². The van der Waals surface area contributed by atoms with Gasteiger partial charge in [-0.15, -0.1) is 0 Å². The average Bonchev–Trinajstić information content (AvgIpc) is 3.28. The molecule has 1 saturated carbocycles. The summed E-state index contributed by atoms with van der Waals surface area (Å²) in [7, 11) is 1.99. The van der Waals surface area contributed by atoms with Crippen molar-refractivity contribution < 1.29 is 4.74 Å². The highest BCUT2D eigenvalue weighted by Gasteiger charge is 2.33. The molecule has 0 amide bonds. The van der Waals surface area contributed by atoms with E-state index in [1.54, 1.807) is 0 Å². The summed E-state index contributed by atoms with van der Waals surface area (Å²) in [5.41, 5.74) is 4.60. The molecule has 1 N–H and O–H groups in total. The van der Waals surface area contributed by atoms with E-state index in [2.05, 4.69) is 34.2 Å². The van der Waals surface area contributed by atoms with Gasteiger partial charge in [-0.1, -0.05) is 0 Å². The molecule has 2 atom stereocenters. The van der Waals surface area contributed by atoms with Crippen molar-refractivity contribution in [1.29, 1.82) is 0 Å². The molecule has 2 aliphatic rings. The normalized spacial score (nSPS) is 23.8. The van der Waals surface area contributed by atoms with Crippen molar-refractivity contribution >= 4 is 0 Å². The molecule has 1 saturated heterocycles. The van der Waals surface area contributed by atoms with Crippen LogP contribution in [0.25, 0.3) is 0 Å². The lowest BCUT2D eigenvalue weighted by Crippen LogP contribution is -2.31. The van der Waals surface area contributed by atoms with E-state index in [0.717, 1.165) is 36.7 Å².